The molecule has 0 atom stereocenters. The van der Waals surface area contributed by atoms with Gasteiger partial charge in [0.15, 0.2) is 11.5 Å². The molecule has 1 aliphatic heterocycles. The van der Waals surface area contributed by atoms with E-state index in [4.69, 9.17) is 9.47 Å². The number of ether oxygens (including phenoxy) is 2. The van der Waals surface area contributed by atoms with E-state index < -0.39 is 5.97 Å². The first-order valence-corrected chi connectivity index (χ1v) is 12.8. The number of rotatable bonds is 10. The lowest BCUT2D eigenvalue weighted by atomic mass is 10.2. The van der Waals surface area contributed by atoms with Gasteiger partial charge in [0.1, 0.15) is 0 Å². The number of nitrogens with zero attached hydrogens (tertiary/aromatic N) is 5. The van der Waals surface area contributed by atoms with Crippen LogP contribution in [0.25, 0.3) is 0 Å². The van der Waals surface area contributed by atoms with Crippen molar-refractivity contribution in [2.24, 2.45) is 5.10 Å². The summed E-state index contributed by atoms with van der Waals surface area (Å²) in [6.07, 6.45) is 3.83. The van der Waals surface area contributed by atoms with Gasteiger partial charge >= 0.3 is 5.97 Å². The predicted octanol–water partition coefficient (Wildman–Crippen LogP) is 5.28. The number of hydrogen-bond donors (Lipinski definition) is 2. The third kappa shape index (κ3) is 6.86. The zero-order valence-corrected chi connectivity index (χ0v) is 21.6. The van der Waals surface area contributed by atoms with Crippen molar-refractivity contribution in [3.05, 3.63) is 90.0 Å². The van der Waals surface area contributed by atoms with E-state index in [1.165, 1.54) is 0 Å². The van der Waals surface area contributed by atoms with Crippen molar-refractivity contribution in [3.8, 4) is 11.5 Å². The normalized spacial score (nSPS) is 12.9. The van der Waals surface area contributed by atoms with Crippen LogP contribution in [-0.2, 0) is 0 Å². The van der Waals surface area contributed by atoms with Gasteiger partial charge in [-0.1, -0.05) is 36.4 Å². The minimum atomic E-state index is -0.455. The Labute approximate surface area is 226 Å². The van der Waals surface area contributed by atoms with Crippen LogP contribution < -0.4 is 25.1 Å². The lowest BCUT2D eigenvalue weighted by molar-refractivity contribution is 0.0728. The number of anilines is 4. The Balaban J connectivity index is 1.32. The average Bonchev–Trinajstić information content (AvgIpc) is 3.51. The SMILES string of the molecule is CCOc1cc(/C=N\Nc2nc(Nc3ccccc3)nc(N3CCCC3)n2)ccc1OC(=O)c1ccccc1. The molecule has 0 saturated carbocycles. The first-order valence-electron chi connectivity index (χ1n) is 12.8. The minimum absolute atomic E-state index is 0.319. The fourth-order valence-electron chi connectivity index (χ4n) is 4.03. The van der Waals surface area contributed by atoms with Crippen LogP contribution in [0.15, 0.2) is 84.0 Å². The van der Waals surface area contributed by atoms with Crippen molar-refractivity contribution >= 4 is 35.7 Å². The summed E-state index contributed by atoms with van der Waals surface area (Å²) < 4.78 is 11.3. The van der Waals surface area contributed by atoms with Crippen molar-refractivity contribution in [1.29, 1.82) is 0 Å². The molecule has 2 N–H and O–H groups in total. The van der Waals surface area contributed by atoms with Crippen LogP contribution in [0.3, 0.4) is 0 Å². The predicted molar refractivity (Wildman–Crippen MR) is 151 cm³/mol. The molecule has 1 fully saturated rings. The van der Waals surface area contributed by atoms with Gasteiger partial charge in [-0.3, -0.25) is 0 Å². The number of carbonyl (C=O) groups excluding carboxylic acids is 1. The Hall–Kier alpha value is -4.99. The molecule has 1 aromatic heterocycles. The molecule has 0 bridgehead atoms. The number of para-hydroxylation sites is 1. The van der Waals surface area contributed by atoms with E-state index in [1.807, 2.05) is 43.3 Å². The minimum Gasteiger partial charge on any atom is -0.490 e. The number of carbonyl (C=O) groups is 1. The van der Waals surface area contributed by atoms with E-state index in [0.29, 0.717) is 41.5 Å². The maximum atomic E-state index is 12.5. The van der Waals surface area contributed by atoms with Crippen molar-refractivity contribution < 1.29 is 14.3 Å². The number of nitrogens with one attached hydrogen (secondary N) is 2. The maximum absolute atomic E-state index is 12.5. The van der Waals surface area contributed by atoms with Gasteiger partial charge in [0.05, 0.1) is 18.4 Å². The van der Waals surface area contributed by atoms with Gasteiger partial charge < -0.3 is 19.7 Å². The lowest BCUT2D eigenvalue weighted by Gasteiger charge is -2.16. The number of esters is 1. The molecule has 10 heteroatoms. The number of benzene rings is 3. The van der Waals surface area contributed by atoms with E-state index in [-0.39, 0.29) is 0 Å². The molecule has 0 spiro atoms. The van der Waals surface area contributed by atoms with Gasteiger partial charge in [-0.2, -0.15) is 20.1 Å². The highest BCUT2D eigenvalue weighted by Crippen LogP contribution is 2.29. The van der Waals surface area contributed by atoms with Crippen molar-refractivity contribution in [2.75, 3.05) is 35.3 Å². The third-order valence-electron chi connectivity index (χ3n) is 5.90. The Morgan fingerprint density at radius 3 is 2.38 bits per heavy atom. The Kier molecular flexibility index (Phi) is 8.22. The smallest absolute Gasteiger partial charge is 0.343 e. The molecule has 1 saturated heterocycles. The largest absolute Gasteiger partial charge is 0.490 e. The van der Waals surface area contributed by atoms with Gasteiger partial charge in [-0.05, 0) is 67.8 Å². The molecule has 198 valence electrons. The first-order chi connectivity index (χ1) is 19.2. The second-order valence-electron chi connectivity index (χ2n) is 8.73. The second-order valence-corrected chi connectivity index (χ2v) is 8.73. The third-order valence-corrected chi connectivity index (χ3v) is 5.90. The van der Waals surface area contributed by atoms with Gasteiger partial charge in [-0.25, -0.2) is 10.2 Å². The van der Waals surface area contributed by atoms with Crippen LogP contribution in [0.2, 0.25) is 0 Å². The van der Waals surface area contributed by atoms with Crippen molar-refractivity contribution in [1.82, 2.24) is 15.0 Å². The highest BCUT2D eigenvalue weighted by atomic mass is 16.6. The Bertz CT molecular complexity index is 1430. The van der Waals surface area contributed by atoms with Crippen LogP contribution in [0, 0.1) is 0 Å². The molecular weight excluding hydrogens is 494 g/mol. The first kappa shape index (κ1) is 25.7. The molecule has 0 amide bonds. The fourth-order valence-corrected chi connectivity index (χ4v) is 4.03. The highest BCUT2D eigenvalue weighted by Gasteiger charge is 2.18. The van der Waals surface area contributed by atoms with Crippen LogP contribution in [0.4, 0.5) is 23.5 Å². The van der Waals surface area contributed by atoms with E-state index in [2.05, 4.69) is 35.7 Å². The molecule has 39 heavy (non-hydrogen) atoms. The van der Waals surface area contributed by atoms with Gasteiger partial charge in [0.2, 0.25) is 17.8 Å². The van der Waals surface area contributed by atoms with Crippen LogP contribution in [-0.4, -0.2) is 46.8 Å². The number of hydrogen-bond acceptors (Lipinski definition) is 10. The maximum Gasteiger partial charge on any atom is 0.343 e. The van der Waals surface area contributed by atoms with Crippen LogP contribution >= 0.6 is 0 Å². The monoisotopic (exact) mass is 523 g/mol. The van der Waals surface area contributed by atoms with Gasteiger partial charge in [0.25, 0.3) is 0 Å². The summed E-state index contributed by atoms with van der Waals surface area (Å²) in [5, 5.41) is 7.56. The van der Waals surface area contributed by atoms with Gasteiger partial charge in [0, 0.05) is 18.8 Å². The van der Waals surface area contributed by atoms with E-state index in [9.17, 15) is 4.79 Å². The molecule has 2 heterocycles. The topological polar surface area (TPSA) is 114 Å². The van der Waals surface area contributed by atoms with Crippen LogP contribution in [0.1, 0.15) is 35.7 Å². The fraction of sp³-hybridized carbons (Fsp3) is 0.207. The number of hydrazone groups is 1. The van der Waals surface area contributed by atoms with Crippen LogP contribution in [0.5, 0.6) is 11.5 Å². The highest BCUT2D eigenvalue weighted by molar-refractivity contribution is 5.91. The summed E-state index contributed by atoms with van der Waals surface area (Å²) in [7, 11) is 0. The zero-order chi connectivity index (χ0) is 26.9. The average molecular weight is 524 g/mol. The molecule has 0 aliphatic carbocycles. The summed E-state index contributed by atoms with van der Waals surface area (Å²) in [5.74, 6) is 1.67. The molecule has 10 nitrogen and oxygen atoms in total. The molecular formula is C29H29N7O3. The molecule has 5 rings (SSSR count). The Morgan fingerprint density at radius 2 is 1.64 bits per heavy atom. The summed E-state index contributed by atoms with van der Waals surface area (Å²) in [6, 6.07) is 23.8. The summed E-state index contributed by atoms with van der Waals surface area (Å²) in [5.41, 5.74) is 4.99. The van der Waals surface area contributed by atoms with E-state index in [1.54, 1.807) is 48.7 Å². The summed E-state index contributed by atoms with van der Waals surface area (Å²) in [6.45, 7) is 4.08. The van der Waals surface area contributed by atoms with Crippen molar-refractivity contribution in [3.63, 3.8) is 0 Å². The standard InChI is InChI=1S/C29H29N7O3/c1-2-38-25-19-21(15-16-24(25)39-26(37)22-11-5-3-6-12-22)20-30-35-28-32-27(31-23-13-7-4-8-14-23)33-29(34-28)36-17-9-10-18-36/h3-8,11-16,19-20H,2,9-10,17-18H2,1H3,(H2,31,32,33,34,35)/b30-20-. The lowest BCUT2D eigenvalue weighted by Crippen LogP contribution is -2.21. The zero-order valence-electron chi connectivity index (χ0n) is 21.6. The van der Waals surface area contributed by atoms with E-state index >= 15 is 0 Å². The molecule has 1 aliphatic rings. The molecule has 0 unspecified atom stereocenters. The van der Waals surface area contributed by atoms with Gasteiger partial charge in [-0.15, -0.1) is 0 Å². The summed E-state index contributed by atoms with van der Waals surface area (Å²) >= 11 is 0. The summed E-state index contributed by atoms with van der Waals surface area (Å²) in [4.78, 5) is 28.3. The number of aromatic nitrogens is 3. The van der Waals surface area contributed by atoms with Crippen molar-refractivity contribution in [2.45, 2.75) is 19.8 Å². The second kappa shape index (κ2) is 12.5. The molecule has 0 radical (unpaired) electrons. The quantitative estimate of drug-likeness (QED) is 0.124. The molecule has 4 aromatic rings. The molecule has 3 aromatic carbocycles. The Morgan fingerprint density at radius 1 is 0.923 bits per heavy atom. The van der Waals surface area contributed by atoms with E-state index in [0.717, 1.165) is 37.2 Å².